The smallest absolute Gasteiger partial charge is 0.260 e. The largest absolute Gasteiger partial charge is 0.484 e. The quantitative estimate of drug-likeness (QED) is 0.654. The van der Waals surface area contributed by atoms with Gasteiger partial charge in [-0.1, -0.05) is 36.4 Å². The molecule has 0 saturated carbocycles. The SMILES string of the molecule is Cc1ccc(OCC(=O)N2CCN(c3cc(-c4ccccc4)ncn3)CC2)cc1C. The fraction of sp³-hybridized carbons (Fsp3) is 0.292. The molecule has 0 atom stereocenters. The van der Waals surface area contributed by atoms with E-state index >= 15 is 0 Å². The number of aryl methyl sites for hydroxylation is 2. The highest BCUT2D eigenvalue weighted by Gasteiger charge is 2.22. The van der Waals surface area contributed by atoms with Gasteiger partial charge in [-0.3, -0.25) is 4.79 Å². The van der Waals surface area contributed by atoms with Crippen molar-refractivity contribution in [3.63, 3.8) is 0 Å². The Hall–Kier alpha value is -3.41. The first-order chi connectivity index (χ1) is 14.6. The van der Waals surface area contributed by atoms with Gasteiger partial charge in [0, 0.05) is 37.8 Å². The molecule has 0 unspecified atom stereocenters. The van der Waals surface area contributed by atoms with Gasteiger partial charge >= 0.3 is 0 Å². The van der Waals surface area contributed by atoms with Crippen LogP contribution >= 0.6 is 0 Å². The van der Waals surface area contributed by atoms with Crippen LogP contribution in [-0.4, -0.2) is 53.6 Å². The van der Waals surface area contributed by atoms with Crippen LogP contribution < -0.4 is 9.64 Å². The number of rotatable bonds is 5. The number of amides is 1. The van der Waals surface area contributed by atoms with E-state index in [1.54, 1.807) is 6.33 Å². The summed E-state index contributed by atoms with van der Waals surface area (Å²) in [6.45, 7) is 6.94. The molecule has 154 valence electrons. The first-order valence-corrected chi connectivity index (χ1v) is 10.2. The molecule has 4 rings (SSSR count). The number of hydrogen-bond donors (Lipinski definition) is 0. The van der Waals surface area contributed by atoms with Crippen LogP contribution in [0.3, 0.4) is 0 Å². The van der Waals surface area contributed by atoms with E-state index in [4.69, 9.17) is 4.74 Å². The van der Waals surface area contributed by atoms with Crippen LogP contribution in [0.2, 0.25) is 0 Å². The molecule has 3 aromatic rings. The van der Waals surface area contributed by atoms with Gasteiger partial charge in [0.1, 0.15) is 17.9 Å². The number of hydrogen-bond acceptors (Lipinski definition) is 5. The number of aromatic nitrogens is 2. The van der Waals surface area contributed by atoms with Crippen LogP contribution in [0.25, 0.3) is 11.3 Å². The first kappa shape index (κ1) is 19.9. The van der Waals surface area contributed by atoms with Crippen molar-refractivity contribution < 1.29 is 9.53 Å². The zero-order valence-corrected chi connectivity index (χ0v) is 17.4. The van der Waals surface area contributed by atoms with E-state index in [-0.39, 0.29) is 12.5 Å². The second-order valence-electron chi connectivity index (χ2n) is 7.53. The van der Waals surface area contributed by atoms with Crippen molar-refractivity contribution in [3.8, 4) is 17.0 Å². The highest BCUT2D eigenvalue weighted by Crippen LogP contribution is 2.21. The Morgan fingerprint density at radius 3 is 2.43 bits per heavy atom. The second-order valence-corrected chi connectivity index (χ2v) is 7.53. The van der Waals surface area contributed by atoms with Crippen molar-refractivity contribution >= 4 is 11.7 Å². The Labute approximate surface area is 177 Å². The molecule has 0 bridgehead atoms. The molecule has 6 nitrogen and oxygen atoms in total. The van der Waals surface area contributed by atoms with E-state index in [1.807, 2.05) is 66.4 Å². The minimum absolute atomic E-state index is 0.0144. The molecule has 1 aromatic heterocycles. The van der Waals surface area contributed by atoms with Crippen LogP contribution in [0.1, 0.15) is 11.1 Å². The van der Waals surface area contributed by atoms with Gasteiger partial charge < -0.3 is 14.5 Å². The van der Waals surface area contributed by atoms with Crippen molar-refractivity contribution in [1.29, 1.82) is 0 Å². The minimum Gasteiger partial charge on any atom is -0.484 e. The van der Waals surface area contributed by atoms with Gasteiger partial charge in [-0.2, -0.15) is 0 Å². The lowest BCUT2D eigenvalue weighted by Crippen LogP contribution is -2.50. The highest BCUT2D eigenvalue weighted by molar-refractivity contribution is 5.78. The normalized spacial score (nSPS) is 13.9. The zero-order chi connectivity index (χ0) is 20.9. The van der Waals surface area contributed by atoms with Gasteiger partial charge in [-0.15, -0.1) is 0 Å². The molecule has 0 aliphatic carbocycles. The van der Waals surface area contributed by atoms with Gasteiger partial charge in [-0.05, 0) is 37.1 Å². The molecular formula is C24H26N4O2. The molecule has 2 heterocycles. The molecule has 0 spiro atoms. The van der Waals surface area contributed by atoms with E-state index in [0.29, 0.717) is 13.1 Å². The summed E-state index contributed by atoms with van der Waals surface area (Å²) in [5.74, 6) is 1.64. The van der Waals surface area contributed by atoms with Gasteiger partial charge in [0.25, 0.3) is 5.91 Å². The van der Waals surface area contributed by atoms with Crippen LogP contribution in [-0.2, 0) is 4.79 Å². The number of ether oxygens (including phenoxy) is 1. The number of benzene rings is 2. The molecule has 0 radical (unpaired) electrons. The molecule has 30 heavy (non-hydrogen) atoms. The van der Waals surface area contributed by atoms with Crippen molar-refractivity contribution in [1.82, 2.24) is 14.9 Å². The predicted octanol–water partition coefficient (Wildman–Crippen LogP) is 3.49. The maximum atomic E-state index is 12.6. The summed E-state index contributed by atoms with van der Waals surface area (Å²) in [6.07, 6.45) is 1.60. The summed E-state index contributed by atoms with van der Waals surface area (Å²) in [5.41, 5.74) is 4.34. The molecule has 2 aromatic carbocycles. The molecule has 1 aliphatic heterocycles. The summed E-state index contributed by atoms with van der Waals surface area (Å²) in [6, 6.07) is 18.0. The number of carbonyl (C=O) groups excluding carboxylic acids is 1. The number of anilines is 1. The summed E-state index contributed by atoms with van der Waals surface area (Å²) in [4.78, 5) is 25.4. The molecule has 0 N–H and O–H groups in total. The Bertz CT molecular complexity index is 1010. The molecular weight excluding hydrogens is 376 g/mol. The summed E-state index contributed by atoms with van der Waals surface area (Å²) < 4.78 is 5.71. The van der Waals surface area contributed by atoms with Crippen LogP contribution in [0, 0.1) is 13.8 Å². The standard InChI is InChI=1S/C24H26N4O2/c1-18-8-9-21(14-19(18)2)30-16-24(29)28-12-10-27(11-13-28)23-15-22(25-17-26-23)20-6-4-3-5-7-20/h3-9,14-15,17H,10-13,16H2,1-2H3. The molecule has 1 aliphatic rings. The number of carbonyl (C=O) groups is 1. The fourth-order valence-corrected chi connectivity index (χ4v) is 3.51. The Morgan fingerprint density at radius 2 is 1.70 bits per heavy atom. The van der Waals surface area contributed by atoms with Crippen LogP contribution in [0.5, 0.6) is 5.75 Å². The maximum absolute atomic E-state index is 12.6. The lowest BCUT2D eigenvalue weighted by molar-refractivity contribution is -0.133. The average molecular weight is 402 g/mol. The van der Waals surface area contributed by atoms with E-state index in [2.05, 4.69) is 21.8 Å². The van der Waals surface area contributed by atoms with Crippen LogP contribution in [0.15, 0.2) is 60.9 Å². The van der Waals surface area contributed by atoms with E-state index in [0.717, 1.165) is 41.5 Å². The van der Waals surface area contributed by atoms with Gasteiger partial charge in [0.2, 0.25) is 0 Å². The first-order valence-electron chi connectivity index (χ1n) is 10.2. The lowest BCUT2D eigenvalue weighted by Gasteiger charge is -2.35. The fourth-order valence-electron chi connectivity index (χ4n) is 3.51. The van der Waals surface area contributed by atoms with Gasteiger partial charge in [-0.25, -0.2) is 9.97 Å². The molecule has 1 amide bonds. The van der Waals surface area contributed by atoms with Crippen LogP contribution in [0.4, 0.5) is 5.82 Å². The zero-order valence-electron chi connectivity index (χ0n) is 17.4. The molecule has 1 saturated heterocycles. The van der Waals surface area contributed by atoms with Crippen molar-refractivity contribution in [2.24, 2.45) is 0 Å². The van der Waals surface area contributed by atoms with Crippen molar-refractivity contribution in [2.45, 2.75) is 13.8 Å². The Kier molecular flexibility index (Phi) is 5.93. The maximum Gasteiger partial charge on any atom is 0.260 e. The number of piperazine rings is 1. The topological polar surface area (TPSA) is 58.6 Å². The third-order valence-corrected chi connectivity index (χ3v) is 5.52. The second kappa shape index (κ2) is 8.95. The van der Waals surface area contributed by atoms with E-state index in [9.17, 15) is 4.79 Å². The summed E-state index contributed by atoms with van der Waals surface area (Å²) >= 11 is 0. The molecule has 1 fully saturated rings. The lowest BCUT2D eigenvalue weighted by atomic mass is 10.1. The average Bonchev–Trinajstić information content (AvgIpc) is 2.80. The molecule has 6 heteroatoms. The minimum atomic E-state index is 0.0144. The number of nitrogens with zero attached hydrogens (tertiary/aromatic N) is 4. The Morgan fingerprint density at radius 1 is 0.933 bits per heavy atom. The van der Waals surface area contributed by atoms with Crippen molar-refractivity contribution in [3.05, 3.63) is 72.1 Å². The van der Waals surface area contributed by atoms with Crippen molar-refractivity contribution in [2.75, 3.05) is 37.7 Å². The van der Waals surface area contributed by atoms with E-state index in [1.165, 1.54) is 5.56 Å². The third kappa shape index (κ3) is 4.59. The third-order valence-electron chi connectivity index (χ3n) is 5.52. The van der Waals surface area contributed by atoms with E-state index < -0.39 is 0 Å². The monoisotopic (exact) mass is 402 g/mol. The summed E-state index contributed by atoms with van der Waals surface area (Å²) in [7, 11) is 0. The van der Waals surface area contributed by atoms with Gasteiger partial charge in [0.05, 0.1) is 5.69 Å². The highest BCUT2D eigenvalue weighted by atomic mass is 16.5. The predicted molar refractivity (Wildman–Crippen MR) is 118 cm³/mol. The Balaban J connectivity index is 1.32. The summed E-state index contributed by atoms with van der Waals surface area (Å²) in [5, 5.41) is 0. The van der Waals surface area contributed by atoms with Gasteiger partial charge in [0.15, 0.2) is 6.61 Å².